The molecule has 4 rings (SSSR count). The SMILES string of the molecule is O=C(Nc1cccc(CN2CCSCC2)c1)c1ccc(-n2cccc2)cc1. The maximum Gasteiger partial charge on any atom is 0.255 e. The Labute approximate surface area is 164 Å². The molecular formula is C22H23N3OS. The molecule has 1 fully saturated rings. The monoisotopic (exact) mass is 377 g/mol. The summed E-state index contributed by atoms with van der Waals surface area (Å²) < 4.78 is 2.02. The van der Waals surface area contributed by atoms with Gasteiger partial charge in [-0.25, -0.2) is 0 Å². The number of nitrogens with one attached hydrogen (secondary N) is 1. The summed E-state index contributed by atoms with van der Waals surface area (Å²) in [5.74, 6) is 2.32. The molecule has 1 amide bonds. The van der Waals surface area contributed by atoms with Crippen molar-refractivity contribution in [2.75, 3.05) is 29.9 Å². The van der Waals surface area contributed by atoms with Gasteiger partial charge in [-0.1, -0.05) is 12.1 Å². The average Bonchev–Trinajstić information content (AvgIpc) is 3.24. The fourth-order valence-electron chi connectivity index (χ4n) is 3.26. The molecule has 0 bridgehead atoms. The van der Waals surface area contributed by atoms with Crippen molar-refractivity contribution in [2.45, 2.75) is 6.54 Å². The average molecular weight is 378 g/mol. The van der Waals surface area contributed by atoms with Crippen LogP contribution in [0.1, 0.15) is 15.9 Å². The standard InChI is InChI=1S/C22H23N3OS/c26-22(19-6-8-21(9-7-19)25-10-1-2-11-25)23-20-5-3-4-18(16-20)17-24-12-14-27-15-13-24/h1-11,16H,12-15,17H2,(H,23,26). The van der Waals surface area contributed by atoms with E-state index >= 15 is 0 Å². The first-order chi connectivity index (χ1) is 13.3. The van der Waals surface area contributed by atoms with Crippen LogP contribution in [0.2, 0.25) is 0 Å². The minimum absolute atomic E-state index is 0.0828. The first-order valence-electron chi connectivity index (χ1n) is 9.22. The van der Waals surface area contributed by atoms with Crippen molar-refractivity contribution in [1.29, 1.82) is 0 Å². The van der Waals surface area contributed by atoms with E-state index in [0.29, 0.717) is 5.56 Å². The smallest absolute Gasteiger partial charge is 0.255 e. The molecular weight excluding hydrogens is 354 g/mol. The Balaban J connectivity index is 1.41. The quantitative estimate of drug-likeness (QED) is 0.721. The number of aromatic nitrogens is 1. The fourth-order valence-corrected chi connectivity index (χ4v) is 4.24. The highest BCUT2D eigenvalue weighted by atomic mass is 32.2. The third-order valence-corrected chi connectivity index (χ3v) is 5.67. The second-order valence-electron chi connectivity index (χ2n) is 6.68. The van der Waals surface area contributed by atoms with Crippen LogP contribution in [0.3, 0.4) is 0 Å². The molecule has 3 aromatic rings. The number of hydrogen-bond acceptors (Lipinski definition) is 3. The first-order valence-corrected chi connectivity index (χ1v) is 10.4. The molecule has 4 nitrogen and oxygen atoms in total. The Bertz CT molecular complexity index is 884. The van der Waals surface area contributed by atoms with Gasteiger partial charge in [0.15, 0.2) is 0 Å². The van der Waals surface area contributed by atoms with Gasteiger partial charge in [0, 0.05) is 60.5 Å². The number of nitrogens with zero attached hydrogens (tertiary/aromatic N) is 2. The van der Waals surface area contributed by atoms with Gasteiger partial charge in [-0.2, -0.15) is 11.8 Å². The van der Waals surface area contributed by atoms with E-state index in [4.69, 9.17) is 0 Å². The second kappa shape index (κ2) is 8.46. The Morgan fingerprint density at radius 1 is 0.963 bits per heavy atom. The van der Waals surface area contributed by atoms with Crippen LogP contribution < -0.4 is 5.32 Å². The maximum absolute atomic E-state index is 12.6. The lowest BCUT2D eigenvalue weighted by atomic mass is 10.1. The van der Waals surface area contributed by atoms with E-state index < -0.39 is 0 Å². The van der Waals surface area contributed by atoms with Crippen molar-refractivity contribution in [3.05, 3.63) is 84.2 Å². The summed E-state index contributed by atoms with van der Waals surface area (Å²) in [6.07, 6.45) is 3.98. The highest BCUT2D eigenvalue weighted by Gasteiger charge is 2.11. The fraction of sp³-hybridized carbons (Fsp3) is 0.227. The predicted octanol–water partition coefficient (Wildman–Crippen LogP) is 4.28. The number of thioether (sulfide) groups is 1. The molecule has 1 aromatic heterocycles. The number of amides is 1. The minimum Gasteiger partial charge on any atom is -0.324 e. The van der Waals surface area contributed by atoms with E-state index in [0.717, 1.165) is 31.0 Å². The predicted molar refractivity (Wildman–Crippen MR) is 113 cm³/mol. The van der Waals surface area contributed by atoms with E-state index in [1.807, 2.05) is 77.3 Å². The lowest BCUT2D eigenvalue weighted by molar-refractivity contribution is 0.102. The first kappa shape index (κ1) is 17.9. The molecule has 2 aromatic carbocycles. The molecule has 0 atom stereocenters. The van der Waals surface area contributed by atoms with E-state index in [9.17, 15) is 4.79 Å². The van der Waals surface area contributed by atoms with Crippen LogP contribution in [0.25, 0.3) is 5.69 Å². The van der Waals surface area contributed by atoms with Gasteiger partial charge in [0.2, 0.25) is 0 Å². The van der Waals surface area contributed by atoms with Gasteiger partial charge in [0.25, 0.3) is 5.91 Å². The molecule has 2 heterocycles. The molecule has 1 aliphatic rings. The molecule has 0 spiro atoms. The maximum atomic E-state index is 12.6. The Hall–Kier alpha value is -2.50. The van der Waals surface area contributed by atoms with Gasteiger partial charge in [-0.3, -0.25) is 9.69 Å². The number of rotatable bonds is 5. The number of hydrogen-bond donors (Lipinski definition) is 1. The van der Waals surface area contributed by atoms with Crippen LogP contribution in [0.4, 0.5) is 5.69 Å². The molecule has 27 heavy (non-hydrogen) atoms. The van der Waals surface area contributed by atoms with E-state index in [2.05, 4.69) is 22.3 Å². The molecule has 0 aliphatic carbocycles. The van der Waals surface area contributed by atoms with Gasteiger partial charge in [-0.05, 0) is 54.1 Å². The molecule has 1 N–H and O–H groups in total. The van der Waals surface area contributed by atoms with Gasteiger partial charge in [-0.15, -0.1) is 0 Å². The van der Waals surface area contributed by atoms with Crippen molar-refractivity contribution >= 4 is 23.4 Å². The molecule has 0 saturated carbocycles. The van der Waals surface area contributed by atoms with Crippen molar-refractivity contribution in [3.63, 3.8) is 0 Å². The highest BCUT2D eigenvalue weighted by molar-refractivity contribution is 7.99. The third-order valence-electron chi connectivity index (χ3n) is 4.73. The molecule has 5 heteroatoms. The number of carbonyl (C=O) groups is 1. The van der Waals surface area contributed by atoms with Gasteiger partial charge in [0.05, 0.1) is 0 Å². The normalized spacial score (nSPS) is 14.8. The zero-order valence-corrected chi connectivity index (χ0v) is 16.0. The zero-order valence-electron chi connectivity index (χ0n) is 15.2. The minimum atomic E-state index is -0.0828. The molecule has 0 radical (unpaired) electrons. The molecule has 1 aliphatic heterocycles. The van der Waals surface area contributed by atoms with Crippen molar-refractivity contribution in [2.24, 2.45) is 0 Å². The van der Waals surface area contributed by atoms with Crippen molar-refractivity contribution in [3.8, 4) is 5.69 Å². The topological polar surface area (TPSA) is 37.3 Å². The van der Waals surface area contributed by atoms with E-state index in [1.165, 1.54) is 17.1 Å². The summed E-state index contributed by atoms with van der Waals surface area (Å²) in [4.78, 5) is 15.1. The van der Waals surface area contributed by atoms with Crippen LogP contribution >= 0.6 is 11.8 Å². The number of benzene rings is 2. The highest BCUT2D eigenvalue weighted by Crippen LogP contribution is 2.17. The number of carbonyl (C=O) groups excluding carboxylic acids is 1. The summed E-state index contributed by atoms with van der Waals surface area (Å²) in [6.45, 7) is 3.21. The van der Waals surface area contributed by atoms with E-state index in [-0.39, 0.29) is 5.91 Å². The summed E-state index contributed by atoms with van der Waals surface area (Å²) in [6, 6.07) is 19.8. The summed E-state index contributed by atoms with van der Waals surface area (Å²) in [5, 5.41) is 3.02. The van der Waals surface area contributed by atoms with Crippen LogP contribution in [0, 0.1) is 0 Å². The molecule has 1 saturated heterocycles. The van der Waals surface area contributed by atoms with Crippen molar-refractivity contribution in [1.82, 2.24) is 9.47 Å². The summed E-state index contributed by atoms with van der Waals surface area (Å²) >= 11 is 2.02. The summed E-state index contributed by atoms with van der Waals surface area (Å²) in [5.41, 5.74) is 3.78. The van der Waals surface area contributed by atoms with Crippen molar-refractivity contribution < 1.29 is 4.79 Å². The third kappa shape index (κ3) is 4.62. The summed E-state index contributed by atoms with van der Waals surface area (Å²) in [7, 11) is 0. The molecule has 0 unspecified atom stereocenters. The zero-order chi connectivity index (χ0) is 18.5. The molecule has 138 valence electrons. The largest absolute Gasteiger partial charge is 0.324 e. The Morgan fingerprint density at radius 2 is 1.70 bits per heavy atom. The van der Waals surface area contributed by atoms with Crippen LogP contribution in [-0.2, 0) is 6.54 Å². The van der Waals surface area contributed by atoms with Crippen LogP contribution in [0.5, 0.6) is 0 Å². The van der Waals surface area contributed by atoms with E-state index in [1.54, 1.807) is 0 Å². The van der Waals surface area contributed by atoms with Gasteiger partial charge < -0.3 is 9.88 Å². The lowest BCUT2D eigenvalue weighted by Gasteiger charge is -2.26. The second-order valence-corrected chi connectivity index (χ2v) is 7.90. The van der Waals surface area contributed by atoms with Gasteiger partial charge in [0.1, 0.15) is 0 Å². The number of anilines is 1. The van der Waals surface area contributed by atoms with Gasteiger partial charge >= 0.3 is 0 Å². The van der Waals surface area contributed by atoms with Crippen LogP contribution in [0.15, 0.2) is 73.1 Å². The Kier molecular flexibility index (Phi) is 5.61. The Morgan fingerprint density at radius 3 is 2.44 bits per heavy atom. The lowest BCUT2D eigenvalue weighted by Crippen LogP contribution is -2.31. The van der Waals surface area contributed by atoms with Crippen LogP contribution in [-0.4, -0.2) is 40.0 Å².